The highest BCUT2D eigenvalue weighted by Crippen LogP contribution is 2.16. The molecular weight excluding hydrogens is 276 g/mol. The molecule has 0 aliphatic heterocycles. The number of nitriles is 1. The first-order valence-corrected chi connectivity index (χ1v) is 7.99. The molecule has 110 valence electrons. The van der Waals surface area contributed by atoms with Gasteiger partial charge in [0.05, 0.1) is 5.56 Å². The maximum absolute atomic E-state index is 11.2. The molecule has 0 fully saturated rings. The van der Waals surface area contributed by atoms with Gasteiger partial charge in [0.25, 0.3) is 0 Å². The van der Waals surface area contributed by atoms with Crippen LogP contribution in [0.3, 0.4) is 0 Å². The number of nitrogens with one attached hydrogen (secondary N) is 1. The summed E-state index contributed by atoms with van der Waals surface area (Å²) < 4.78 is 16.6. The topological polar surface area (TPSA) is 82.3 Å². The minimum absolute atomic E-state index is 0.0439. The summed E-state index contributed by atoms with van der Waals surface area (Å²) in [5.41, 5.74) is 0.447. The number of nitrogens with zero attached hydrogens (tertiary/aromatic N) is 1. The van der Waals surface area contributed by atoms with Gasteiger partial charge in [-0.2, -0.15) is 5.26 Å². The molecule has 0 aliphatic rings. The smallest absolute Gasteiger partial charge is 0.137 e. The zero-order valence-corrected chi connectivity index (χ0v) is 12.5. The van der Waals surface area contributed by atoms with Crippen molar-refractivity contribution >= 4 is 10.8 Å². The molecule has 0 amide bonds. The van der Waals surface area contributed by atoms with E-state index < -0.39 is 16.9 Å². The van der Waals surface area contributed by atoms with Crippen LogP contribution in [0.15, 0.2) is 24.3 Å². The zero-order chi connectivity index (χ0) is 15.0. The van der Waals surface area contributed by atoms with E-state index in [4.69, 9.17) is 10.00 Å². The van der Waals surface area contributed by atoms with Crippen LogP contribution in [0.2, 0.25) is 0 Å². The Labute approximate surface area is 122 Å². The Morgan fingerprint density at radius 2 is 2.15 bits per heavy atom. The van der Waals surface area contributed by atoms with Crippen LogP contribution in [0.4, 0.5) is 0 Å². The van der Waals surface area contributed by atoms with E-state index in [9.17, 15) is 9.32 Å². The van der Waals surface area contributed by atoms with Gasteiger partial charge in [0.2, 0.25) is 0 Å². The van der Waals surface area contributed by atoms with E-state index >= 15 is 0 Å². The van der Waals surface area contributed by atoms with Gasteiger partial charge in [-0.3, -0.25) is 4.21 Å². The first kappa shape index (κ1) is 16.6. The second-order valence-electron chi connectivity index (χ2n) is 4.54. The highest BCUT2D eigenvalue weighted by atomic mass is 32.2. The Bertz CT molecular complexity index is 488. The number of hydrogen-bond acceptors (Lipinski definition) is 5. The number of rotatable bonds is 8. The van der Waals surface area contributed by atoms with E-state index in [1.165, 1.54) is 0 Å². The van der Waals surface area contributed by atoms with Crippen molar-refractivity contribution < 1.29 is 14.1 Å². The second-order valence-corrected chi connectivity index (χ2v) is 6.34. The van der Waals surface area contributed by atoms with Crippen LogP contribution < -0.4 is 10.1 Å². The Morgan fingerprint density at radius 3 is 2.80 bits per heavy atom. The number of benzene rings is 1. The van der Waals surface area contributed by atoms with Crippen molar-refractivity contribution in [3.8, 4) is 11.8 Å². The van der Waals surface area contributed by atoms with Gasteiger partial charge in [0.15, 0.2) is 0 Å². The highest BCUT2D eigenvalue weighted by molar-refractivity contribution is 7.84. The van der Waals surface area contributed by atoms with Gasteiger partial charge in [0, 0.05) is 35.4 Å². The van der Waals surface area contributed by atoms with Crippen molar-refractivity contribution in [2.75, 3.05) is 26.0 Å². The first-order valence-electron chi connectivity index (χ1n) is 6.37. The minimum Gasteiger partial charge on any atom is -0.489 e. The van der Waals surface area contributed by atoms with E-state index in [0.717, 1.165) is 0 Å². The summed E-state index contributed by atoms with van der Waals surface area (Å²) in [6.07, 6.45) is 0.976. The lowest BCUT2D eigenvalue weighted by Gasteiger charge is -2.15. The summed E-state index contributed by atoms with van der Waals surface area (Å²) in [6.45, 7) is 2.93. The van der Waals surface area contributed by atoms with Crippen LogP contribution in [0.1, 0.15) is 12.5 Å². The van der Waals surface area contributed by atoms with Crippen molar-refractivity contribution in [2.24, 2.45) is 0 Å². The predicted octanol–water partition coefficient (Wildman–Crippen LogP) is 0.655. The van der Waals surface area contributed by atoms with E-state index in [-0.39, 0.29) is 11.9 Å². The molecule has 5 nitrogen and oxygen atoms in total. The summed E-state index contributed by atoms with van der Waals surface area (Å²) in [6, 6.07) is 8.93. The summed E-state index contributed by atoms with van der Waals surface area (Å²) in [7, 11) is -0.874. The highest BCUT2D eigenvalue weighted by Gasteiger charge is 2.10. The fourth-order valence-electron chi connectivity index (χ4n) is 1.50. The summed E-state index contributed by atoms with van der Waals surface area (Å²) in [4.78, 5) is 0. The molecule has 0 bridgehead atoms. The lowest BCUT2D eigenvalue weighted by atomic mass is 10.2. The fourth-order valence-corrected chi connectivity index (χ4v) is 1.85. The summed E-state index contributed by atoms with van der Waals surface area (Å²) >= 11 is 0. The number of para-hydroxylation sites is 1. The molecular formula is C14H20N2O3S. The molecule has 0 aliphatic carbocycles. The van der Waals surface area contributed by atoms with Crippen molar-refractivity contribution in [1.82, 2.24) is 5.32 Å². The van der Waals surface area contributed by atoms with Crippen LogP contribution in [0.25, 0.3) is 0 Å². The van der Waals surface area contributed by atoms with Crippen LogP contribution in [-0.4, -0.2) is 46.6 Å². The van der Waals surface area contributed by atoms with Crippen LogP contribution in [0.5, 0.6) is 5.75 Å². The molecule has 0 saturated carbocycles. The van der Waals surface area contributed by atoms with Gasteiger partial charge in [-0.15, -0.1) is 0 Å². The molecule has 0 radical (unpaired) electrons. The minimum atomic E-state index is -0.874. The molecule has 1 rings (SSSR count). The number of hydrogen-bond donors (Lipinski definition) is 2. The second kappa shape index (κ2) is 8.69. The molecule has 0 aromatic heterocycles. The maximum Gasteiger partial charge on any atom is 0.137 e. The SMILES string of the molecule is CC(CNCC(O)COc1ccccc1C#N)S(C)=O. The number of aliphatic hydroxyl groups excluding tert-OH is 1. The van der Waals surface area contributed by atoms with E-state index in [1.807, 2.05) is 13.0 Å². The molecule has 1 aromatic carbocycles. The summed E-state index contributed by atoms with van der Waals surface area (Å²) in [5.74, 6) is 0.470. The normalized spacial score (nSPS) is 15.1. The maximum atomic E-state index is 11.2. The third-order valence-corrected chi connectivity index (χ3v) is 4.12. The Balaban J connectivity index is 2.31. The van der Waals surface area contributed by atoms with Crippen molar-refractivity contribution in [3.05, 3.63) is 29.8 Å². The van der Waals surface area contributed by atoms with Gasteiger partial charge in [-0.1, -0.05) is 12.1 Å². The van der Waals surface area contributed by atoms with E-state index in [1.54, 1.807) is 30.5 Å². The van der Waals surface area contributed by atoms with E-state index in [2.05, 4.69) is 5.32 Å². The molecule has 1 aromatic rings. The standard InChI is InChI=1S/C14H20N2O3S/c1-11(20(2)18)8-16-9-13(17)10-19-14-6-4-3-5-12(14)7-15/h3-6,11,13,16-17H,8-10H2,1-2H3. The predicted molar refractivity (Wildman–Crippen MR) is 79.1 cm³/mol. The molecule has 3 unspecified atom stereocenters. The molecule has 20 heavy (non-hydrogen) atoms. The van der Waals surface area contributed by atoms with Gasteiger partial charge in [-0.05, 0) is 19.1 Å². The largest absolute Gasteiger partial charge is 0.489 e. The Kier molecular flexibility index (Phi) is 7.23. The van der Waals surface area contributed by atoms with Gasteiger partial charge in [0.1, 0.15) is 24.5 Å². The molecule has 6 heteroatoms. The molecule has 0 saturated heterocycles. The fraction of sp³-hybridized carbons (Fsp3) is 0.500. The molecule has 3 atom stereocenters. The lowest BCUT2D eigenvalue weighted by Crippen LogP contribution is -2.36. The van der Waals surface area contributed by atoms with Crippen LogP contribution in [0, 0.1) is 11.3 Å². The Hall–Kier alpha value is -1.42. The molecule has 0 spiro atoms. The number of aliphatic hydroxyl groups is 1. The molecule has 0 heterocycles. The number of ether oxygens (including phenoxy) is 1. The van der Waals surface area contributed by atoms with Crippen molar-refractivity contribution in [1.29, 1.82) is 5.26 Å². The van der Waals surface area contributed by atoms with Crippen molar-refractivity contribution in [3.63, 3.8) is 0 Å². The van der Waals surface area contributed by atoms with Crippen molar-refractivity contribution in [2.45, 2.75) is 18.3 Å². The third kappa shape index (κ3) is 5.70. The average Bonchev–Trinajstić information content (AvgIpc) is 2.45. The van der Waals surface area contributed by atoms with Crippen LogP contribution >= 0.6 is 0 Å². The first-order chi connectivity index (χ1) is 9.54. The third-order valence-electron chi connectivity index (χ3n) is 2.82. The molecule has 2 N–H and O–H groups in total. The lowest BCUT2D eigenvalue weighted by molar-refractivity contribution is 0.106. The van der Waals surface area contributed by atoms with Gasteiger partial charge >= 0.3 is 0 Å². The quantitative estimate of drug-likeness (QED) is 0.736. The average molecular weight is 296 g/mol. The monoisotopic (exact) mass is 296 g/mol. The zero-order valence-electron chi connectivity index (χ0n) is 11.7. The van der Waals surface area contributed by atoms with Gasteiger partial charge < -0.3 is 15.2 Å². The van der Waals surface area contributed by atoms with Crippen LogP contribution in [-0.2, 0) is 10.8 Å². The van der Waals surface area contributed by atoms with Gasteiger partial charge in [-0.25, -0.2) is 0 Å². The van der Waals surface area contributed by atoms with E-state index in [0.29, 0.717) is 24.4 Å². The Morgan fingerprint density at radius 1 is 1.45 bits per heavy atom. The summed E-state index contributed by atoms with van der Waals surface area (Å²) in [5, 5.41) is 21.8.